The molecule has 1 amide bonds. The number of hydrogen-bond donors (Lipinski definition) is 1. The first kappa shape index (κ1) is 28.0. The van der Waals surface area contributed by atoms with Gasteiger partial charge < -0.3 is 4.74 Å². The van der Waals surface area contributed by atoms with Crippen LogP contribution in [-0.2, 0) is 27.6 Å². The largest absolute Gasteiger partial charge is 0.489 e. The van der Waals surface area contributed by atoms with Crippen molar-refractivity contribution in [1.82, 2.24) is 5.43 Å². The summed E-state index contributed by atoms with van der Waals surface area (Å²) in [5.74, 6) is -0.253. The van der Waals surface area contributed by atoms with Gasteiger partial charge in [-0.15, -0.1) is 0 Å². The molecule has 0 aliphatic carbocycles. The van der Waals surface area contributed by atoms with Gasteiger partial charge >= 0.3 is 6.18 Å². The lowest BCUT2D eigenvalue weighted by atomic mass is 10.2. The zero-order valence-electron chi connectivity index (χ0n) is 19.8. The third-order valence-corrected chi connectivity index (χ3v) is 6.48. The molecule has 0 bridgehead atoms. The van der Waals surface area contributed by atoms with E-state index in [0.717, 1.165) is 29.5 Å². The molecule has 3 aromatic carbocycles. The second-order valence-electron chi connectivity index (χ2n) is 8.07. The smallest absolute Gasteiger partial charge is 0.416 e. The second-order valence-corrected chi connectivity index (χ2v) is 10.4. The number of amides is 1. The molecular formula is C25H23ClF3N3O4S. The molecular weight excluding hydrogens is 531 g/mol. The molecule has 0 radical (unpaired) electrons. The van der Waals surface area contributed by atoms with Crippen LogP contribution in [0, 0.1) is 6.92 Å². The van der Waals surface area contributed by atoms with Crippen molar-refractivity contribution >= 4 is 39.4 Å². The summed E-state index contributed by atoms with van der Waals surface area (Å²) in [5.41, 5.74) is 3.37. The van der Waals surface area contributed by atoms with Gasteiger partial charge in [0, 0.05) is 0 Å². The van der Waals surface area contributed by atoms with Crippen molar-refractivity contribution in [3.8, 4) is 5.75 Å². The molecule has 12 heteroatoms. The Hall–Kier alpha value is -3.57. The van der Waals surface area contributed by atoms with Crippen LogP contribution in [0.3, 0.4) is 0 Å². The Kier molecular flexibility index (Phi) is 8.82. The number of anilines is 1. The van der Waals surface area contributed by atoms with Crippen LogP contribution in [0.5, 0.6) is 5.75 Å². The zero-order valence-corrected chi connectivity index (χ0v) is 21.4. The number of carbonyl (C=O) groups excluding carboxylic acids is 1. The Labute approximate surface area is 217 Å². The molecule has 0 aromatic heterocycles. The Bertz CT molecular complexity index is 1380. The summed E-state index contributed by atoms with van der Waals surface area (Å²) in [7, 11) is -4.15. The van der Waals surface area contributed by atoms with Crippen molar-refractivity contribution in [3.63, 3.8) is 0 Å². The lowest BCUT2D eigenvalue weighted by Crippen LogP contribution is -2.39. The Morgan fingerprint density at radius 2 is 1.73 bits per heavy atom. The normalized spacial score (nSPS) is 11.9. The van der Waals surface area contributed by atoms with Crippen LogP contribution >= 0.6 is 11.6 Å². The average molecular weight is 554 g/mol. The number of benzene rings is 3. The van der Waals surface area contributed by atoms with Gasteiger partial charge in [0.1, 0.15) is 18.9 Å². The van der Waals surface area contributed by atoms with Gasteiger partial charge in [0.15, 0.2) is 0 Å². The summed E-state index contributed by atoms with van der Waals surface area (Å²) in [5, 5.41) is 3.52. The first-order valence-corrected chi connectivity index (χ1v) is 13.0. The number of nitrogens with one attached hydrogen (secondary N) is 1. The predicted molar refractivity (Wildman–Crippen MR) is 136 cm³/mol. The first-order valence-electron chi connectivity index (χ1n) is 10.8. The van der Waals surface area contributed by atoms with E-state index in [2.05, 4.69) is 10.5 Å². The van der Waals surface area contributed by atoms with E-state index in [1.54, 1.807) is 24.3 Å². The van der Waals surface area contributed by atoms with Crippen LogP contribution in [0.1, 0.15) is 22.3 Å². The summed E-state index contributed by atoms with van der Waals surface area (Å²) >= 11 is 5.95. The van der Waals surface area contributed by atoms with Crippen LogP contribution in [-0.4, -0.2) is 33.3 Å². The zero-order chi connectivity index (χ0) is 27.2. The highest BCUT2D eigenvalue weighted by Gasteiger charge is 2.33. The molecule has 0 aliphatic rings. The molecule has 0 fully saturated rings. The average Bonchev–Trinajstić information content (AvgIpc) is 2.82. The lowest BCUT2D eigenvalue weighted by Gasteiger charge is -2.23. The van der Waals surface area contributed by atoms with Crippen LogP contribution in [0.2, 0.25) is 5.02 Å². The number of hydrogen-bond acceptors (Lipinski definition) is 5. The van der Waals surface area contributed by atoms with Crippen LogP contribution in [0.25, 0.3) is 0 Å². The van der Waals surface area contributed by atoms with E-state index in [9.17, 15) is 26.4 Å². The number of alkyl halides is 3. The molecule has 0 aliphatic heterocycles. The summed E-state index contributed by atoms with van der Waals surface area (Å²) in [6, 6.07) is 17.0. The van der Waals surface area contributed by atoms with Gasteiger partial charge in [-0.3, -0.25) is 9.10 Å². The van der Waals surface area contributed by atoms with E-state index in [1.165, 1.54) is 6.21 Å². The van der Waals surface area contributed by atoms with Gasteiger partial charge in [0.25, 0.3) is 5.91 Å². The van der Waals surface area contributed by atoms with Gasteiger partial charge in [-0.2, -0.15) is 18.3 Å². The van der Waals surface area contributed by atoms with Crippen molar-refractivity contribution in [1.29, 1.82) is 0 Å². The number of aryl methyl sites for hydroxylation is 1. The molecule has 7 nitrogen and oxygen atoms in total. The Morgan fingerprint density at radius 1 is 1.08 bits per heavy atom. The summed E-state index contributed by atoms with van der Waals surface area (Å²) in [6.07, 6.45) is -2.65. The fourth-order valence-corrected chi connectivity index (χ4v) is 4.24. The first-order chi connectivity index (χ1) is 17.3. The maximum Gasteiger partial charge on any atom is 0.416 e. The van der Waals surface area contributed by atoms with Gasteiger partial charge in [-0.05, 0) is 60.5 Å². The molecule has 0 unspecified atom stereocenters. The van der Waals surface area contributed by atoms with Gasteiger partial charge in [-0.1, -0.05) is 41.4 Å². The molecule has 1 N–H and O–H groups in total. The lowest BCUT2D eigenvalue weighted by molar-refractivity contribution is -0.137. The third-order valence-electron chi connectivity index (χ3n) is 5.04. The number of sulfonamides is 1. The molecule has 0 atom stereocenters. The minimum Gasteiger partial charge on any atom is -0.489 e. The highest BCUT2D eigenvalue weighted by atomic mass is 35.5. The molecule has 0 spiro atoms. The summed E-state index contributed by atoms with van der Waals surface area (Å²) in [4.78, 5) is 12.3. The van der Waals surface area contributed by atoms with Crippen LogP contribution in [0.15, 0.2) is 71.8 Å². The number of ether oxygens (including phenoxy) is 1. The highest BCUT2D eigenvalue weighted by Crippen LogP contribution is 2.36. The predicted octanol–water partition coefficient (Wildman–Crippen LogP) is 5.16. The van der Waals surface area contributed by atoms with E-state index >= 15 is 0 Å². The number of carbonyl (C=O) groups is 1. The fraction of sp³-hybridized carbons (Fsp3) is 0.200. The quantitative estimate of drug-likeness (QED) is 0.293. The number of halogens is 4. The molecule has 196 valence electrons. The number of rotatable bonds is 9. The topological polar surface area (TPSA) is 88.1 Å². The minimum atomic E-state index is -4.73. The van der Waals surface area contributed by atoms with Crippen molar-refractivity contribution in [2.45, 2.75) is 19.7 Å². The van der Waals surface area contributed by atoms with Crippen LogP contribution < -0.4 is 14.5 Å². The molecule has 0 saturated carbocycles. The van der Waals surface area contributed by atoms with Crippen molar-refractivity contribution in [2.75, 3.05) is 17.1 Å². The van der Waals surface area contributed by atoms with E-state index < -0.39 is 39.9 Å². The molecule has 0 heterocycles. The minimum absolute atomic E-state index is 0.264. The monoisotopic (exact) mass is 553 g/mol. The van der Waals surface area contributed by atoms with Gasteiger partial charge in [0.2, 0.25) is 10.0 Å². The standard InChI is InChI=1S/C25H23ClF3N3O4S/c1-17-3-5-19(6-4-17)16-36-21-10-7-18(8-11-21)14-30-31-24(33)15-32(37(2,34)35)23-13-20(25(27,28)29)9-12-22(23)26/h3-14H,15-16H2,1-2H3,(H,31,33)/b30-14+. The Balaban J connectivity index is 1.62. The van der Waals surface area contributed by atoms with Gasteiger partial charge in [-0.25, -0.2) is 13.8 Å². The highest BCUT2D eigenvalue weighted by molar-refractivity contribution is 7.92. The van der Waals surface area contributed by atoms with E-state index in [4.69, 9.17) is 16.3 Å². The van der Waals surface area contributed by atoms with Crippen LogP contribution in [0.4, 0.5) is 18.9 Å². The maximum atomic E-state index is 13.1. The second kappa shape index (κ2) is 11.7. The number of hydrazone groups is 1. The van der Waals surface area contributed by atoms with Crippen molar-refractivity contribution in [3.05, 3.63) is 94.0 Å². The maximum absolute atomic E-state index is 13.1. The molecule has 37 heavy (non-hydrogen) atoms. The summed E-state index contributed by atoms with van der Waals surface area (Å²) < 4.78 is 69.9. The van der Waals surface area contributed by atoms with Crippen molar-refractivity contribution < 1.29 is 31.1 Å². The van der Waals surface area contributed by atoms with Crippen molar-refractivity contribution in [2.24, 2.45) is 5.10 Å². The summed E-state index contributed by atoms with van der Waals surface area (Å²) in [6.45, 7) is 1.57. The molecule has 0 saturated heterocycles. The third kappa shape index (κ3) is 8.22. The van der Waals surface area contributed by atoms with E-state index in [-0.39, 0.29) is 5.02 Å². The molecule has 3 aromatic rings. The van der Waals surface area contributed by atoms with E-state index in [1.807, 2.05) is 31.2 Å². The van der Waals surface area contributed by atoms with E-state index in [0.29, 0.717) is 28.3 Å². The molecule has 3 rings (SSSR count). The SMILES string of the molecule is Cc1ccc(COc2ccc(/C=N/NC(=O)CN(c3cc(C(F)(F)F)ccc3Cl)S(C)(=O)=O)cc2)cc1. The Morgan fingerprint density at radius 3 is 2.32 bits per heavy atom. The number of nitrogens with zero attached hydrogens (tertiary/aromatic N) is 2. The fourth-order valence-electron chi connectivity index (χ4n) is 3.11. The van der Waals surface area contributed by atoms with Gasteiger partial charge in [0.05, 0.1) is 28.7 Å².